The molecule has 0 saturated heterocycles. The predicted molar refractivity (Wildman–Crippen MR) is 110 cm³/mol. The van der Waals surface area contributed by atoms with Crippen molar-refractivity contribution >= 4 is 29.4 Å². The lowest BCUT2D eigenvalue weighted by molar-refractivity contribution is 0.306. The maximum atomic E-state index is 6.25. The summed E-state index contributed by atoms with van der Waals surface area (Å²) in [5, 5.41) is 1.25. The Labute approximate surface area is 164 Å². The summed E-state index contributed by atoms with van der Waals surface area (Å²) < 4.78 is 5.86. The summed E-state index contributed by atoms with van der Waals surface area (Å²) in [4.78, 5) is 4.61. The molecule has 0 heterocycles. The lowest BCUT2D eigenvalue weighted by atomic mass is 10.1. The van der Waals surface area contributed by atoms with E-state index in [9.17, 15) is 0 Å². The van der Waals surface area contributed by atoms with E-state index >= 15 is 0 Å². The molecule has 0 aromatic heterocycles. The van der Waals surface area contributed by atoms with Gasteiger partial charge in [-0.2, -0.15) is 0 Å². The Bertz CT molecular complexity index is 894. The van der Waals surface area contributed by atoms with Crippen LogP contribution in [0.15, 0.2) is 77.8 Å². The zero-order chi connectivity index (χ0) is 18.4. The van der Waals surface area contributed by atoms with E-state index in [-0.39, 0.29) is 6.04 Å². The molecule has 0 bridgehead atoms. The fourth-order valence-electron chi connectivity index (χ4n) is 2.54. The fraction of sp³-hybridized carbons (Fsp3) is 0.136. The Morgan fingerprint density at radius 2 is 1.77 bits per heavy atom. The monoisotopic (exact) mass is 383 g/mol. The van der Waals surface area contributed by atoms with Crippen molar-refractivity contribution in [2.45, 2.75) is 19.6 Å². The molecule has 2 nitrogen and oxygen atoms in total. The molecule has 3 aromatic carbocycles. The van der Waals surface area contributed by atoms with E-state index in [0.29, 0.717) is 16.7 Å². The van der Waals surface area contributed by atoms with Crippen LogP contribution in [0.2, 0.25) is 10.0 Å². The van der Waals surface area contributed by atoms with Crippen LogP contribution in [-0.2, 0) is 6.61 Å². The Hall–Kier alpha value is -2.29. The van der Waals surface area contributed by atoms with Gasteiger partial charge in [-0.25, -0.2) is 0 Å². The SMILES string of the molecule is C[C@@H](N=Cc1cccc(OCc2ccccc2)c1)c1ccc(Cl)cc1Cl. The van der Waals surface area contributed by atoms with E-state index in [1.54, 1.807) is 6.07 Å². The normalized spacial score (nSPS) is 12.3. The minimum Gasteiger partial charge on any atom is -0.489 e. The molecular weight excluding hydrogens is 365 g/mol. The number of ether oxygens (including phenoxy) is 1. The van der Waals surface area contributed by atoms with Gasteiger partial charge in [0.1, 0.15) is 12.4 Å². The number of halogens is 2. The predicted octanol–water partition coefficient (Wildman–Crippen LogP) is 6.75. The number of benzene rings is 3. The molecule has 0 N–H and O–H groups in total. The third-order valence-corrected chi connectivity index (χ3v) is 4.53. The molecule has 0 unspecified atom stereocenters. The molecule has 3 aromatic rings. The van der Waals surface area contributed by atoms with Crippen LogP contribution in [0.3, 0.4) is 0 Å². The highest BCUT2D eigenvalue weighted by Crippen LogP contribution is 2.28. The van der Waals surface area contributed by atoms with Crippen molar-refractivity contribution in [2.75, 3.05) is 0 Å². The first-order valence-corrected chi connectivity index (χ1v) is 9.12. The van der Waals surface area contributed by atoms with Gasteiger partial charge in [-0.05, 0) is 47.9 Å². The summed E-state index contributed by atoms with van der Waals surface area (Å²) >= 11 is 12.2. The summed E-state index contributed by atoms with van der Waals surface area (Å²) in [6.45, 7) is 2.54. The van der Waals surface area contributed by atoms with Crippen LogP contribution in [0, 0.1) is 0 Å². The lowest BCUT2D eigenvalue weighted by Crippen LogP contribution is -1.96. The Morgan fingerprint density at radius 1 is 0.962 bits per heavy atom. The Balaban J connectivity index is 1.66. The average Bonchev–Trinajstić information content (AvgIpc) is 2.66. The molecule has 0 radical (unpaired) electrons. The Kier molecular flexibility index (Phi) is 6.32. The number of aliphatic imine (C=N–C) groups is 1. The standard InChI is InChI=1S/C22H19Cl2NO/c1-16(21-11-10-19(23)13-22(21)24)25-14-18-8-5-9-20(12-18)26-15-17-6-3-2-4-7-17/h2-14,16H,15H2,1H3/t16-/m1/s1. The third-order valence-electron chi connectivity index (χ3n) is 3.97. The van der Waals surface area contributed by atoms with Crippen LogP contribution in [0.1, 0.15) is 29.7 Å². The molecule has 4 heteroatoms. The second-order valence-corrected chi connectivity index (χ2v) is 6.81. The van der Waals surface area contributed by atoms with Crippen molar-refractivity contribution in [3.63, 3.8) is 0 Å². The molecule has 0 fully saturated rings. The van der Waals surface area contributed by atoms with E-state index in [0.717, 1.165) is 22.4 Å². The van der Waals surface area contributed by atoms with Crippen LogP contribution >= 0.6 is 23.2 Å². The third kappa shape index (κ3) is 5.10. The van der Waals surface area contributed by atoms with Gasteiger partial charge in [0.05, 0.1) is 6.04 Å². The first kappa shape index (κ1) is 18.5. The van der Waals surface area contributed by atoms with Crippen molar-refractivity contribution in [1.82, 2.24) is 0 Å². The number of hydrogen-bond acceptors (Lipinski definition) is 2. The molecule has 26 heavy (non-hydrogen) atoms. The van der Waals surface area contributed by atoms with Gasteiger partial charge in [0, 0.05) is 16.3 Å². The van der Waals surface area contributed by atoms with Crippen LogP contribution in [0.4, 0.5) is 0 Å². The zero-order valence-corrected chi connectivity index (χ0v) is 15.9. The largest absolute Gasteiger partial charge is 0.489 e. The van der Waals surface area contributed by atoms with Gasteiger partial charge >= 0.3 is 0 Å². The van der Waals surface area contributed by atoms with Crippen molar-refractivity contribution in [3.8, 4) is 5.75 Å². The van der Waals surface area contributed by atoms with Crippen LogP contribution in [0.25, 0.3) is 0 Å². The van der Waals surface area contributed by atoms with Crippen molar-refractivity contribution in [2.24, 2.45) is 4.99 Å². The fourth-order valence-corrected chi connectivity index (χ4v) is 3.11. The second kappa shape index (κ2) is 8.88. The first-order valence-electron chi connectivity index (χ1n) is 8.37. The van der Waals surface area contributed by atoms with Crippen LogP contribution < -0.4 is 4.74 Å². The van der Waals surface area contributed by atoms with Crippen LogP contribution in [0.5, 0.6) is 5.75 Å². The molecule has 0 aliphatic heterocycles. The molecule has 0 saturated carbocycles. The van der Waals surface area contributed by atoms with Crippen molar-refractivity contribution < 1.29 is 4.74 Å². The van der Waals surface area contributed by atoms with Gasteiger partial charge in [-0.15, -0.1) is 0 Å². The van der Waals surface area contributed by atoms with Crippen molar-refractivity contribution in [1.29, 1.82) is 0 Å². The first-order chi connectivity index (χ1) is 12.6. The lowest BCUT2D eigenvalue weighted by Gasteiger charge is -2.10. The highest BCUT2D eigenvalue weighted by molar-refractivity contribution is 6.35. The molecule has 132 valence electrons. The van der Waals surface area contributed by atoms with Gasteiger partial charge in [0.2, 0.25) is 0 Å². The molecular formula is C22H19Cl2NO. The molecule has 0 aliphatic rings. The van der Waals surface area contributed by atoms with Gasteiger partial charge in [0.25, 0.3) is 0 Å². The number of nitrogens with zero attached hydrogens (tertiary/aromatic N) is 1. The number of hydrogen-bond donors (Lipinski definition) is 0. The summed E-state index contributed by atoms with van der Waals surface area (Å²) in [7, 11) is 0. The van der Waals surface area contributed by atoms with E-state index in [4.69, 9.17) is 27.9 Å². The molecule has 1 atom stereocenters. The summed E-state index contributed by atoms with van der Waals surface area (Å²) in [5.41, 5.74) is 3.06. The van der Waals surface area contributed by atoms with Gasteiger partial charge < -0.3 is 4.74 Å². The molecule has 0 aliphatic carbocycles. The summed E-state index contributed by atoms with van der Waals surface area (Å²) in [6.07, 6.45) is 1.84. The maximum absolute atomic E-state index is 6.25. The van der Waals surface area contributed by atoms with Crippen LogP contribution in [-0.4, -0.2) is 6.21 Å². The zero-order valence-electron chi connectivity index (χ0n) is 14.4. The van der Waals surface area contributed by atoms with Gasteiger partial charge in [-0.1, -0.05) is 71.7 Å². The topological polar surface area (TPSA) is 21.6 Å². The summed E-state index contributed by atoms with van der Waals surface area (Å²) in [6, 6.07) is 23.4. The quantitative estimate of drug-likeness (QED) is 0.431. The highest BCUT2D eigenvalue weighted by atomic mass is 35.5. The maximum Gasteiger partial charge on any atom is 0.120 e. The van der Waals surface area contributed by atoms with E-state index < -0.39 is 0 Å². The van der Waals surface area contributed by atoms with E-state index in [1.165, 1.54) is 0 Å². The summed E-state index contributed by atoms with van der Waals surface area (Å²) in [5.74, 6) is 0.815. The Morgan fingerprint density at radius 3 is 2.54 bits per heavy atom. The smallest absolute Gasteiger partial charge is 0.120 e. The van der Waals surface area contributed by atoms with Crippen molar-refractivity contribution in [3.05, 3.63) is 99.5 Å². The molecule has 0 amide bonds. The van der Waals surface area contributed by atoms with E-state index in [2.05, 4.69) is 4.99 Å². The minimum atomic E-state index is -0.0614. The number of rotatable bonds is 6. The second-order valence-electron chi connectivity index (χ2n) is 5.97. The molecule has 0 spiro atoms. The highest BCUT2D eigenvalue weighted by Gasteiger charge is 2.08. The average molecular weight is 384 g/mol. The minimum absolute atomic E-state index is 0.0614. The van der Waals surface area contributed by atoms with E-state index in [1.807, 2.05) is 79.9 Å². The van der Waals surface area contributed by atoms with Gasteiger partial charge in [-0.3, -0.25) is 4.99 Å². The molecule has 3 rings (SSSR count). The van der Waals surface area contributed by atoms with Gasteiger partial charge in [0.15, 0.2) is 0 Å².